The molecule has 0 radical (unpaired) electrons. The van der Waals surface area contributed by atoms with E-state index in [0.717, 1.165) is 65.1 Å². The first-order valence-corrected chi connectivity index (χ1v) is 7.40. The molecule has 19 heavy (non-hydrogen) atoms. The van der Waals surface area contributed by atoms with E-state index in [0.29, 0.717) is 0 Å². The predicted molar refractivity (Wildman–Crippen MR) is 80.4 cm³/mol. The van der Waals surface area contributed by atoms with E-state index in [4.69, 9.17) is 11.3 Å². The Hall–Kier alpha value is -0.780. The van der Waals surface area contributed by atoms with E-state index in [-0.39, 0.29) is 0 Å². The molecule has 0 aliphatic carbocycles. The molecule has 6 heteroatoms. The monoisotopic (exact) mass is 270 g/mol. The molecule has 0 atom stereocenters. The molecule has 0 aliphatic heterocycles. The summed E-state index contributed by atoms with van der Waals surface area (Å²) in [6.07, 6.45) is 6.92. The first-order valence-electron chi connectivity index (χ1n) is 7.40. The van der Waals surface area contributed by atoms with Crippen LogP contribution < -0.4 is 21.7 Å². The lowest BCUT2D eigenvalue weighted by molar-refractivity contribution is 0.000956. The van der Waals surface area contributed by atoms with Gasteiger partial charge in [0, 0.05) is 6.54 Å². The van der Waals surface area contributed by atoms with Gasteiger partial charge in [-0.3, -0.25) is 0 Å². The highest BCUT2D eigenvalue weighted by atomic mass is 14.9. The topological polar surface area (TPSA) is 98.5 Å². The van der Waals surface area contributed by atoms with Crippen LogP contribution in [0.5, 0.6) is 0 Å². The molecule has 0 amide bonds. The van der Waals surface area contributed by atoms with Crippen molar-refractivity contribution in [3.63, 3.8) is 0 Å². The van der Waals surface area contributed by atoms with E-state index >= 15 is 0 Å². The predicted octanol–water partition coefficient (Wildman–Crippen LogP) is -0.0350. The van der Waals surface area contributed by atoms with Crippen molar-refractivity contribution in [2.75, 3.05) is 45.8 Å². The van der Waals surface area contributed by atoms with Crippen molar-refractivity contribution in [1.82, 2.24) is 16.0 Å². The fourth-order valence-electron chi connectivity index (χ4n) is 1.66. The lowest BCUT2D eigenvalue weighted by Crippen LogP contribution is -2.24. The summed E-state index contributed by atoms with van der Waals surface area (Å²) in [5, 5.41) is 10.1. The van der Waals surface area contributed by atoms with Gasteiger partial charge in [-0.25, -0.2) is 0 Å². The van der Waals surface area contributed by atoms with Gasteiger partial charge in [0.25, 0.3) is 6.21 Å². The van der Waals surface area contributed by atoms with Crippen LogP contribution in [0.4, 0.5) is 0 Å². The van der Waals surface area contributed by atoms with Gasteiger partial charge in [0.15, 0.2) is 0 Å². The Morgan fingerprint density at radius 1 is 0.789 bits per heavy atom. The fourth-order valence-corrected chi connectivity index (χ4v) is 1.66. The SMILES string of the molecule is [N-]=[N+]=CCCNCCCNCCCCNCCCN. The smallest absolute Gasteiger partial charge is 0.258 e. The second-order valence-corrected chi connectivity index (χ2v) is 4.54. The van der Waals surface area contributed by atoms with Crippen LogP contribution in [0.25, 0.3) is 5.53 Å². The number of rotatable bonds is 15. The maximum Gasteiger partial charge on any atom is 0.258 e. The Kier molecular flexibility index (Phi) is 16.5. The van der Waals surface area contributed by atoms with E-state index in [9.17, 15) is 0 Å². The van der Waals surface area contributed by atoms with Crippen LogP contribution in [0.2, 0.25) is 0 Å². The Morgan fingerprint density at radius 2 is 1.32 bits per heavy atom. The molecule has 0 aliphatic rings. The Labute approximate surface area is 117 Å². The Balaban J connectivity index is 2.93. The summed E-state index contributed by atoms with van der Waals surface area (Å²) < 4.78 is 0. The van der Waals surface area contributed by atoms with Crippen molar-refractivity contribution in [3.8, 4) is 0 Å². The van der Waals surface area contributed by atoms with Crippen molar-refractivity contribution >= 4 is 6.21 Å². The van der Waals surface area contributed by atoms with Gasteiger partial charge in [0.1, 0.15) is 0 Å². The second-order valence-electron chi connectivity index (χ2n) is 4.54. The van der Waals surface area contributed by atoms with Crippen LogP contribution in [0, 0.1) is 0 Å². The van der Waals surface area contributed by atoms with Gasteiger partial charge in [0.2, 0.25) is 0 Å². The third kappa shape index (κ3) is 17.2. The number of nitrogens with one attached hydrogen (secondary N) is 3. The Morgan fingerprint density at radius 3 is 1.89 bits per heavy atom. The highest BCUT2D eigenvalue weighted by Crippen LogP contribution is 1.85. The van der Waals surface area contributed by atoms with Gasteiger partial charge >= 0.3 is 0 Å². The highest BCUT2D eigenvalue weighted by molar-refractivity contribution is 5.50. The zero-order valence-corrected chi connectivity index (χ0v) is 12.0. The molecule has 0 spiro atoms. The van der Waals surface area contributed by atoms with Gasteiger partial charge < -0.3 is 27.2 Å². The first-order chi connectivity index (χ1) is 9.41. The second kappa shape index (κ2) is 17.2. The number of nitrogens with two attached hydrogens (primary N) is 1. The summed E-state index contributed by atoms with van der Waals surface area (Å²) in [4.78, 5) is 2.95. The van der Waals surface area contributed by atoms with Crippen molar-refractivity contribution in [1.29, 1.82) is 0 Å². The maximum absolute atomic E-state index is 8.19. The van der Waals surface area contributed by atoms with Crippen LogP contribution >= 0.6 is 0 Å². The van der Waals surface area contributed by atoms with Crippen LogP contribution in [0.1, 0.15) is 32.1 Å². The summed E-state index contributed by atoms with van der Waals surface area (Å²) in [5.41, 5.74) is 13.6. The van der Waals surface area contributed by atoms with E-state index in [1.165, 1.54) is 19.1 Å². The fraction of sp³-hybridized carbons (Fsp3) is 0.923. The lowest BCUT2D eigenvalue weighted by atomic mass is 10.3. The largest absolute Gasteiger partial charge is 0.362 e. The minimum atomic E-state index is 0.773. The molecule has 0 saturated heterocycles. The molecule has 0 rings (SSSR count). The van der Waals surface area contributed by atoms with Crippen molar-refractivity contribution in [2.24, 2.45) is 5.73 Å². The van der Waals surface area contributed by atoms with E-state index in [1.54, 1.807) is 0 Å². The number of nitrogens with zero attached hydrogens (tertiary/aromatic N) is 2. The van der Waals surface area contributed by atoms with Gasteiger partial charge in [-0.2, -0.15) is 4.79 Å². The molecule has 0 aromatic carbocycles. The number of unbranched alkanes of at least 4 members (excludes halogenated alkanes) is 1. The Bertz CT molecular complexity index is 215. The molecular formula is C13H30N6. The standard InChI is InChI=1S/C13H30N6/c14-6-3-9-16-7-1-2-8-17-10-4-11-18-12-5-13-19-15/h13,16-18H,1-12,14H2. The highest BCUT2D eigenvalue weighted by Gasteiger charge is 1.91. The molecule has 0 fully saturated rings. The molecule has 5 N–H and O–H groups in total. The van der Waals surface area contributed by atoms with E-state index < -0.39 is 0 Å². The molecule has 0 aromatic heterocycles. The first kappa shape index (κ1) is 18.2. The number of hydrogen-bond acceptors (Lipinski definition) is 4. The van der Waals surface area contributed by atoms with Gasteiger partial charge in [-0.1, -0.05) is 0 Å². The van der Waals surface area contributed by atoms with Gasteiger partial charge in [-0.15, -0.1) is 0 Å². The zero-order chi connectivity index (χ0) is 14.0. The molecule has 112 valence electrons. The van der Waals surface area contributed by atoms with E-state index in [2.05, 4.69) is 20.7 Å². The van der Waals surface area contributed by atoms with Crippen LogP contribution in [0.15, 0.2) is 0 Å². The van der Waals surface area contributed by atoms with Gasteiger partial charge in [-0.05, 0) is 65.0 Å². The molecule has 6 nitrogen and oxygen atoms in total. The average molecular weight is 270 g/mol. The third-order valence-electron chi connectivity index (χ3n) is 2.75. The summed E-state index contributed by atoms with van der Waals surface area (Å²) in [6.45, 7) is 6.94. The summed E-state index contributed by atoms with van der Waals surface area (Å²) in [5.74, 6) is 0. The van der Waals surface area contributed by atoms with Crippen molar-refractivity contribution in [2.45, 2.75) is 32.1 Å². The molecule has 0 unspecified atom stereocenters. The van der Waals surface area contributed by atoms with Crippen LogP contribution in [0.3, 0.4) is 0 Å². The van der Waals surface area contributed by atoms with Crippen molar-refractivity contribution < 1.29 is 4.79 Å². The third-order valence-corrected chi connectivity index (χ3v) is 2.75. The number of hydrogen-bond donors (Lipinski definition) is 4. The summed E-state index contributed by atoms with van der Waals surface area (Å²) in [6, 6.07) is 0. The minimum Gasteiger partial charge on any atom is -0.362 e. The molecular weight excluding hydrogens is 240 g/mol. The van der Waals surface area contributed by atoms with Crippen molar-refractivity contribution in [3.05, 3.63) is 5.53 Å². The summed E-state index contributed by atoms with van der Waals surface area (Å²) in [7, 11) is 0. The molecule has 0 saturated carbocycles. The minimum absolute atomic E-state index is 0.773. The normalized spacial score (nSPS) is 10.4. The quantitative estimate of drug-likeness (QED) is 0.145. The van der Waals surface area contributed by atoms with Crippen LogP contribution in [-0.2, 0) is 0 Å². The van der Waals surface area contributed by atoms with E-state index in [1.807, 2.05) is 0 Å². The lowest BCUT2D eigenvalue weighted by Gasteiger charge is -2.06. The maximum atomic E-state index is 8.19. The molecule has 0 bridgehead atoms. The van der Waals surface area contributed by atoms with Crippen LogP contribution in [-0.4, -0.2) is 56.8 Å². The molecule has 0 heterocycles. The summed E-state index contributed by atoms with van der Waals surface area (Å²) >= 11 is 0. The molecule has 0 aromatic rings. The zero-order valence-electron chi connectivity index (χ0n) is 12.0. The van der Waals surface area contributed by atoms with Gasteiger partial charge in [0.05, 0.1) is 6.42 Å². The average Bonchev–Trinajstić information content (AvgIpc) is 2.43.